The Balaban J connectivity index is 2.40. The zero-order valence-corrected chi connectivity index (χ0v) is 8.98. The first-order chi connectivity index (χ1) is 6.74. The van der Waals surface area contributed by atoms with Gasteiger partial charge >= 0.3 is 0 Å². The van der Waals surface area contributed by atoms with Gasteiger partial charge in [0.1, 0.15) is 0 Å². The highest BCUT2D eigenvalue weighted by Crippen LogP contribution is 2.15. The second kappa shape index (κ2) is 5.76. The Morgan fingerprint density at radius 2 is 2.21 bits per heavy atom. The minimum Gasteiger partial charge on any atom is -0.393 e. The summed E-state index contributed by atoms with van der Waals surface area (Å²) in [5.74, 6) is 0.400. The molecule has 78 valence electrons. The molecule has 1 N–H and O–H groups in total. The van der Waals surface area contributed by atoms with Gasteiger partial charge in [-0.25, -0.2) is 0 Å². The van der Waals surface area contributed by atoms with Gasteiger partial charge in [-0.1, -0.05) is 19.4 Å². The third kappa shape index (κ3) is 3.46. The summed E-state index contributed by atoms with van der Waals surface area (Å²) in [4.78, 5) is 4.26. The van der Waals surface area contributed by atoms with E-state index < -0.39 is 0 Å². The molecule has 14 heavy (non-hydrogen) atoms. The van der Waals surface area contributed by atoms with E-state index in [4.69, 9.17) is 0 Å². The fourth-order valence-corrected chi connectivity index (χ4v) is 1.67. The normalized spacial score (nSPS) is 15.1. The highest BCUT2D eigenvalue weighted by atomic mass is 16.3. The van der Waals surface area contributed by atoms with E-state index in [0.717, 1.165) is 25.0 Å². The third-order valence-electron chi connectivity index (χ3n) is 2.70. The molecule has 1 rings (SSSR count). The van der Waals surface area contributed by atoms with Crippen molar-refractivity contribution in [3.63, 3.8) is 0 Å². The van der Waals surface area contributed by atoms with Crippen LogP contribution in [0.4, 0.5) is 0 Å². The molecule has 0 spiro atoms. The van der Waals surface area contributed by atoms with E-state index in [1.165, 1.54) is 0 Å². The second-order valence-electron chi connectivity index (χ2n) is 3.77. The molecule has 1 aromatic rings. The van der Waals surface area contributed by atoms with Crippen LogP contribution in [-0.4, -0.2) is 16.2 Å². The van der Waals surface area contributed by atoms with Gasteiger partial charge in [0, 0.05) is 11.9 Å². The van der Waals surface area contributed by atoms with Gasteiger partial charge in [-0.15, -0.1) is 0 Å². The molecule has 0 amide bonds. The Morgan fingerprint density at radius 3 is 2.71 bits per heavy atom. The average Bonchev–Trinajstić information content (AvgIpc) is 2.20. The summed E-state index contributed by atoms with van der Waals surface area (Å²) in [6.07, 6.45) is 4.63. The van der Waals surface area contributed by atoms with E-state index in [2.05, 4.69) is 11.9 Å². The van der Waals surface area contributed by atoms with Gasteiger partial charge in [-0.2, -0.15) is 0 Å². The van der Waals surface area contributed by atoms with E-state index in [1.807, 2.05) is 31.3 Å². The lowest BCUT2D eigenvalue weighted by Gasteiger charge is -2.17. The van der Waals surface area contributed by atoms with Crippen molar-refractivity contribution in [2.24, 2.45) is 5.92 Å². The van der Waals surface area contributed by atoms with Crippen LogP contribution in [-0.2, 0) is 6.42 Å². The van der Waals surface area contributed by atoms with Gasteiger partial charge in [-0.3, -0.25) is 4.98 Å². The predicted octanol–water partition coefficient (Wildman–Crippen LogP) is 2.42. The van der Waals surface area contributed by atoms with Crippen LogP contribution in [0.15, 0.2) is 24.4 Å². The molecule has 0 aliphatic heterocycles. The maximum atomic E-state index is 9.47. The van der Waals surface area contributed by atoms with Crippen molar-refractivity contribution in [3.05, 3.63) is 30.1 Å². The molecular formula is C12H19NO. The molecular weight excluding hydrogens is 174 g/mol. The minimum absolute atomic E-state index is 0.205. The lowest BCUT2D eigenvalue weighted by atomic mass is 9.94. The van der Waals surface area contributed by atoms with Crippen molar-refractivity contribution >= 4 is 0 Å². The number of aliphatic hydroxyl groups is 1. The van der Waals surface area contributed by atoms with Crippen molar-refractivity contribution in [1.82, 2.24) is 4.98 Å². The Labute approximate surface area is 86.0 Å². The molecule has 0 saturated carbocycles. The van der Waals surface area contributed by atoms with E-state index in [9.17, 15) is 5.11 Å². The molecule has 0 aliphatic rings. The number of hydrogen-bond acceptors (Lipinski definition) is 2. The van der Waals surface area contributed by atoms with Crippen molar-refractivity contribution < 1.29 is 5.11 Å². The Morgan fingerprint density at radius 1 is 1.43 bits per heavy atom. The van der Waals surface area contributed by atoms with E-state index >= 15 is 0 Å². The first kappa shape index (κ1) is 11.2. The maximum Gasteiger partial charge on any atom is 0.0540 e. The number of pyridine rings is 1. The summed E-state index contributed by atoms with van der Waals surface area (Å²) in [6, 6.07) is 5.97. The van der Waals surface area contributed by atoms with Crippen LogP contribution >= 0.6 is 0 Å². The number of aromatic nitrogens is 1. The summed E-state index contributed by atoms with van der Waals surface area (Å²) in [7, 11) is 0. The Bertz CT molecular complexity index is 246. The van der Waals surface area contributed by atoms with Crippen molar-refractivity contribution in [1.29, 1.82) is 0 Å². The van der Waals surface area contributed by atoms with Crippen LogP contribution in [0.3, 0.4) is 0 Å². The topological polar surface area (TPSA) is 33.1 Å². The van der Waals surface area contributed by atoms with E-state index in [-0.39, 0.29) is 6.10 Å². The summed E-state index contributed by atoms with van der Waals surface area (Å²) < 4.78 is 0. The summed E-state index contributed by atoms with van der Waals surface area (Å²) in [5, 5.41) is 9.47. The molecule has 2 atom stereocenters. The highest BCUT2D eigenvalue weighted by molar-refractivity contribution is 5.03. The number of rotatable bonds is 5. The number of hydrogen-bond donors (Lipinski definition) is 1. The third-order valence-corrected chi connectivity index (χ3v) is 2.70. The van der Waals surface area contributed by atoms with Crippen molar-refractivity contribution in [2.45, 2.75) is 39.2 Å². The summed E-state index contributed by atoms with van der Waals surface area (Å²) in [5.41, 5.74) is 1.12. The molecule has 0 saturated heterocycles. The fourth-order valence-electron chi connectivity index (χ4n) is 1.67. The quantitative estimate of drug-likeness (QED) is 0.779. The largest absolute Gasteiger partial charge is 0.393 e. The lowest BCUT2D eigenvalue weighted by Crippen LogP contribution is -2.16. The fraction of sp³-hybridized carbons (Fsp3) is 0.583. The number of aryl methyl sites for hydroxylation is 1. The van der Waals surface area contributed by atoms with Crippen molar-refractivity contribution in [2.75, 3.05) is 0 Å². The molecule has 2 heteroatoms. The maximum absolute atomic E-state index is 9.47. The highest BCUT2D eigenvalue weighted by Gasteiger charge is 2.12. The molecule has 1 heterocycles. The Hall–Kier alpha value is -0.890. The van der Waals surface area contributed by atoms with Gasteiger partial charge in [0.15, 0.2) is 0 Å². The van der Waals surface area contributed by atoms with E-state index in [1.54, 1.807) is 0 Å². The first-order valence-electron chi connectivity index (χ1n) is 5.32. The molecule has 0 fully saturated rings. The summed E-state index contributed by atoms with van der Waals surface area (Å²) >= 11 is 0. The molecule has 2 nitrogen and oxygen atoms in total. The molecule has 0 aromatic carbocycles. The first-order valence-corrected chi connectivity index (χ1v) is 5.32. The number of aliphatic hydroxyl groups excluding tert-OH is 1. The second-order valence-corrected chi connectivity index (χ2v) is 3.77. The van der Waals surface area contributed by atoms with Crippen LogP contribution < -0.4 is 0 Å². The van der Waals surface area contributed by atoms with Gasteiger partial charge in [-0.05, 0) is 37.8 Å². The van der Waals surface area contributed by atoms with Crippen molar-refractivity contribution in [3.8, 4) is 0 Å². The monoisotopic (exact) mass is 193 g/mol. The molecule has 0 aliphatic carbocycles. The van der Waals surface area contributed by atoms with Crippen LogP contribution in [0, 0.1) is 5.92 Å². The SMILES string of the molecule is CCC(CCc1ccccn1)C(C)O. The zero-order chi connectivity index (χ0) is 10.4. The standard InChI is InChI=1S/C12H19NO/c1-3-11(10(2)14)7-8-12-6-4-5-9-13-12/h4-6,9-11,14H,3,7-8H2,1-2H3. The molecule has 2 unspecified atom stereocenters. The summed E-state index contributed by atoms with van der Waals surface area (Å²) in [6.45, 7) is 3.99. The van der Waals surface area contributed by atoms with Gasteiger partial charge < -0.3 is 5.11 Å². The molecule has 1 aromatic heterocycles. The lowest BCUT2D eigenvalue weighted by molar-refractivity contribution is 0.117. The number of nitrogens with zero attached hydrogens (tertiary/aromatic N) is 1. The van der Waals surface area contributed by atoms with Crippen LogP contribution in [0.5, 0.6) is 0 Å². The van der Waals surface area contributed by atoms with Crippen LogP contribution in [0.1, 0.15) is 32.4 Å². The Kier molecular flexibility index (Phi) is 4.60. The van der Waals surface area contributed by atoms with Crippen LogP contribution in [0.2, 0.25) is 0 Å². The van der Waals surface area contributed by atoms with E-state index in [0.29, 0.717) is 5.92 Å². The van der Waals surface area contributed by atoms with Crippen LogP contribution in [0.25, 0.3) is 0 Å². The average molecular weight is 193 g/mol. The van der Waals surface area contributed by atoms with Gasteiger partial charge in [0.2, 0.25) is 0 Å². The smallest absolute Gasteiger partial charge is 0.0540 e. The molecule has 0 radical (unpaired) electrons. The predicted molar refractivity (Wildman–Crippen MR) is 58.0 cm³/mol. The minimum atomic E-state index is -0.205. The van der Waals surface area contributed by atoms with Gasteiger partial charge in [0.05, 0.1) is 6.10 Å². The zero-order valence-electron chi connectivity index (χ0n) is 8.98. The molecule has 0 bridgehead atoms. The van der Waals surface area contributed by atoms with Gasteiger partial charge in [0.25, 0.3) is 0 Å².